The van der Waals surface area contributed by atoms with E-state index >= 15 is 0 Å². The minimum atomic E-state index is -0.372. The summed E-state index contributed by atoms with van der Waals surface area (Å²) < 4.78 is 21.3. The number of hydrogen-bond donors (Lipinski definition) is 0. The second-order valence-corrected chi connectivity index (χ2v) is 4.07. The fraction of sp³-hybridized carbons (Fsp3) is 0.636. The average molecular weight is 246 g/mol. The molecule has 0 aromatic carbocycles. The summed E-state index contributed by atoms with van der Waals surface area (Å²) in [5.41, 5.74) is 0. The monoisotopic (exact) mass is 246 g/mol. The number of methoxy groups -OCH3 is 1. The van der Waals surface area contributed by atoms with Gasteiger partial charge in [-0.2, -0.15) is 0 Å². The third-order valence-corrected chi connectivity index (χ3v) is 2.56. The second-order valence-electron chi connectivity index (χ2n) is 3.29. The SMILES string of the molecule is COC(C)OC(C)OC(C)Oc1ccsc1. The van der Waals surface area contributed by atoms with Gasteiger partial charge >= 0.3 is 0 Å². The normalized spacial score (nSPS) is 16.8. The number of thiophene rings is 1. The van der Waals surface area contributed by atoms with Gasteiger partial charge in [-0.25, -0.2) is 0 Å². The summed E-state index contributed by atoms with van der Waals surface area (Å²) in [6, 6.07) is 1.90. The van der Waals surface area contributed by atoms with E-state index in [2.05, 4.69) is 0 Å². The highest BCUT2D eigenvalue weighted by Gasteiger charge is 2.13. The van der Waals surface area contributed by atoms with Crippen LogP contribution in [0.25, 0.3) is 0 Å². The molecule has 1 aromatic rings. The van der Waals surface area contributed by atoms with Gasteiger partial charge in [-0.3, -0.25) is 0 Å². The van der Waals surface area contributed by atoms with E-state index in [0.717, 1.165) is 5.75 Å². The molecule has 1 heterocycles. The van der Waals surface area contributed by atoms with E-state index in [0.29, 0.717) is 0 Å². The third kappa shape index (κ3) is 4.94. The van der Waals surface area contributed by atoms with Crippen LogP contribution in [0.1, 0.15) is 20.8 Å². The lowest BCUT2D eigenvalue weighted by atomic mass is 10.6. The molecule has 92 valence electrons. The van der Waals surface area contributed by atoms with Crippen molar-refractivity contribution in [2.45, 2.75) is 39.6 Å². The fourth-order valence-corrected chi connectivity index (χ4v) is 1.73. The van der Waals surface area contributed by atoms with Gasteiger partial charge in [0.15, 0.2) is 18.9 Å². The lowest BCUT2D eigenvalue weighted by molar-refractivity contribution is -0.260. The molecule has 1 aromatic heterocycles. The first-order valence-electron chi connectivity index (χ1n) is 5.14. The zero-order valence-electron chi connectivity index (χ0n) is 10.0. The Morgan fingerprint density at radius 3 is 2.31 bits per heavy atom. The molecule has 0 aliphatic heterocycles. The van der Waals surface area contributed by atoms with Crippen LogP contribution in [-0.2, 0) is 14.2 Å². The van der Waals surface area contributed by atoms with Gasteiger partial charge in [0, 0.05) is 12.5 Å². The van der Waals surface area contributed by atoms with Crippen molar-refractivity contribution in [3.63, 3.8) is 0 Å². The van der Waals surface area contributed by atoms with E-state index in [-0.39, 0.29) is 18.9 Å². The third-order valence-electron chi connectivity index (χ3n) is 1.90. The molecule has 3 unspecified atom stereocenters. The van der Waals surface area contributed by atoms with E-state index in [9.17, 15) is 0 Å². The lowest BCUT2D eigenvalue weighted by Crippen LogP contribution is -2.27. The van der Waals surface area contributed by atoms with Gasteiger partial charge in [0.05, 0.1) is 0 Å². The smallest absolute Gasteiger partial charge is 0.199 e. The molecule has 0 radical (unpaired) electrons. The largest absolute Gasteiger partial charge is 0.464 e. The highest BCUT2D eigenvalue weighted by atomic mass is 32.1. The Bertz CT molecular complexity index is 276. The Balaban J connectivity index is 2.25. The molecule has 16 heavy (non-hydrogen) atoms. The van der Waals surface area contributed by atoms with E-state index < -0.39 is 0 Å². The number of rotatable bonds is 7. The molecule has 3 atom stereocenters. The van der Waals surface area contributed by atoms with Crippen LogP contribution in [0.5, 0.6) is 5.75 Å². The molecule has 0 saturated heterocycles. The molecule has 0 aliphatic rings. The first-order valence-corrected chi connectivity index (χ1v) is 6.08. The summed E-state index contributed by atoms with van der Waals surface area (Å²) in [5.74, 6) is 0.810. The zero-order valence-corrected chi connectivity index (χ0v) is 10.8. The fourth-order valence-electron chi connectivity index (χ4n) is 1.17. The van der Waals surface area contributed by atoms with Crippen LogP contribution in [0.4, 0.5) is 0 Å². The van der Waals surface area contributed by atoms with Crippen molar-refractivity contribution in [3.8, 4) is 5.75 Å². The first kappa shape index (κ1) is 13.4. The van der Waals surface area contributed by atoms with Crippen LogP contribution in [0.15, 0.2) is 16.8 Å². The van der Waals surface area contributed by atoms with E-state index in [1.165, 1.54) is 0 Å². The van der Waals surface area contributed by atoms with Crippen LogP contribution in [0.2, 0.25) is 0 Å². The quantitative estimate of drug-likeness (QED) is 0.693. The highest BCUT2D eigenvalue weighted by Crippen LogP contribution is 2.17. The van der Waals surface area contributed by atoms with Gasteiger partial charge in [0.1, 0.15) is 5.75 Å². The topological polar surface area (TPSA) is 36.9 Å². The zero-order chi connectivity index (χ0) is 12.0. The van der Waals surface area contributed by atoms with Crippen molar-refractivity contribution in [1.82, 2.24) is 0 Å². The van der Waals surface area contributed by atoms with Crippen molar-refractivity contribution in [3.05, 3.63) is 16.8 Å². The van der Waals surface area contributed by atoms with Crippen LogP contribution in [0.3, 0.4) is 0 Å². The van der Waals surface area contributed by atoms with Crippen LogP contribution in [0, 0.1) is 0 Å². The maximum absolute atomic E-state index is 5.51. The molecule has 0 saturated carbocycles. The van der Waals surface area contributed by atoms with Gasteiger partial charge in [0.2, 0.25) is 0 Å². The van der Waals surface area contributed by atoms with Crippen LogP contribution < -0.4 is 4.74 Å². The van der Waals surface area contributed by atoms with Crippen molar-refractivity contribution >= 4 is 11.3 Å². The molecule has 0 spiro atoms. The molecule has 1 rings (SSSR count). The van der Waals surface area contributed by atoms with Gasteiger partial charge in [0.25, 0.3) is 0 Å². The lowest BCUT2D eigenvalue weighted by Gasteiger charge is -2.22. The minimum Gasteiger partial charge on any atom is -0.464 e. The molecule has 4 nitrogen and oxygen atoms in total. The number of ether oxygens (including phenoxy) is 4. The molecular formula is C11H18O4S. The Kier molecular flexibility index (Phi) is 5.76. The summed E-state index contributed by atoms with van der Waals surface area (Å²) in [6.07, 6.45) is -1.01. The van der Waals surface area contributed by atoms with Crippen molar-refractivity contribution in [2.24, 2.45) is 0 Å². The Labute approximate surface area is 100 Å². The maximum Gasteiger partial charge on any atom is 0.199 e. The molecule has 0 N–H and O–H groups in total. The van der Waals surface area contributed by atoms with E-state index in [4.69, 9.17) is 18.9 Å². The number of hydrogen-bond acceptors (Lipinski definition) is 5. The molecule has 0 aliphatic carbocycles. The molecular weight excluding hydrogens is 228 g/mol. The second kappa shape index (κ2) is 6.85. The maximum atomic E-state index is 5.51. The van der Waals surface area contributed by atoms with Gasteiger partial charge in [-0.1, -0.05) is 0 Å². The Morgan fingerprint density at radius 1 is 1.06 bits per heavy atom. The average Bonchev–Trinajstić information content (AvgIpc) is 2.69. The summed E-state index contributed by atoms with van der Waals surface area (Å²) in [5, 5.41) is 3.87. The van der Waals surface area contributed by atoms with Crippen LogP contribution in [-0.4, -0.2) is 26.0 Å². The van der Waals surface area contributed by atoms with Crippen molar-refractivity contribution < 1.29 is 18.9 Å². The van der Waals surface area contributed by atoms with E-state index in [1.807, 2.05) is 37.6 Å². The molecule has 0 amide bonds. The predicted molar refractivity (Wildman–Crippen MR) is 62.5 cm³/mol. The van der Waals surface area contributed by atoms with Gasteiger partial charge in [-0.05, 0) is 32.2 Å². The van der Waals surface area contributed by atoms with Crippen LogP contribution >= 0.6 is 11.3 Å². The summed E-state index contributed by atoms with van der Waals surface area (Å²) in [7, 11) is 1.59. The first-order chi connectivity index (χ1) is 7.61. The van der Waals surface area contributed by atoms with Crippen molar-refractivity contribution in [2.75, 3.05) is 7.11 Å². The molecule has 5 heteroatoms. The minimum absolute atomic E-state index is 0.289. The molecule has 0 bridgehead atoms. The molecule has 0 fully saturated rings. The highest BCUT2D eigenvalue weighted by molar-refractivity contribution is 7.08. The standard InChI is InChI=1S/C11H18O4S/c1-8(12-4)13-9(2)14-10(3)15-11-5-6-16-7-11/h5-10H,1-4H3. The summed E-state index contributed by atoms with van der Waals surface area (Å²) in [4.78, 5) is 0. The van der Waals surface area contributed by atoms with E-state index in [1.54, 1.807) is 18.4 Å². The Hall–Kier alpha value is -0.620. The van der Waals surface area contributed by atoms with Crippen molar-refractivity contribution in [1.29, 1.82) is 0 Å². The van der Waals surface area contributed by atoms with Gasteiger partial charge < -0.3 is 18.9 Å². The summed E-state index contributed by atoms with van der Waals surface area (Å²) >= 11 is 1.58. The predicted octanol–water partition coefficient (Wildman–Crippen LogP) is 2.84. The summed E-state index contributed by atoms with van der Waals surface area (Å²) in [6.45, 7) is 5.45. The Morgan fingerprint density at radius 2 is 1.75 bits per heavy atom. The van der Waals surface area contributed by atoms with Gasteiger partial charge in [-0.15, -0.1) is 11.3 Å².